The van der Waals surface area contributed by atoms with Gasteiger partial charge in [0.25, 0.3) is 0 Å². The average Bonchev–Trinajstić information content (AvgIpc) is 2.33. The van der Waals surface area contributed by atoms with E-state index in [0.29, 0.717) is 6.54 Å². The summed E-state index contributed by atoms with van der Waals surface area (Å²) in [6, 6.07) is 5.28. The lowest BCUT2D eigenvalue weighted by molar-refractivity contribution is -0.0749. The minimum Gasteiger partial charge on any atom is -0.369 e. The van der Waals surface area contributed by atoms with E-state index in [-0.39, 0.29) is 17.5 Å². The van der Waals surface area contributed by atoms with Crippen molar-refractivity contribution >= 4 is 5.69 Å². The zero-order chi connectivity index (χ0) is 14.8. The van der Waals surface area contributed by atoms with Crippen LogP contribution in [0.25, 0.3) is 0 Å². The number of anilines is 1. The molecule has 1 fully saturated rings. The van der Waals surface area contributed by atoms with Crippen LogP contribution in [0.3, 0.4) is 0 Å². The van der Waals surface area contributed by atoms with Gasteiger partial charge in [0.05, 0.1) is 11.7 Å². The van der Waals surface area contributed by atoms with Crippen molar-refractivity contribution in [2.24, 2.45) is 0 Å². The van der Waals surface area contributed by atoms with Crippen molar-refractivity contribution < 1.29 is 9.13 Å². The molecule has 1 heterocycles. The Labute approximate surface area is 121 Å². The number of nitrogens with zero attached hydrogens (tertiary/aromatic N) is 1. The molecule has 0 aliphatic carbocycles. The Morgan fingerprint density at radius 1 is 1.40 bits per heavy atom. The van der Waals surface area contributed by atoms with Crippen LogP contribution < -0.4 is 10.2 Å². The Morgan fingerprint density at radius 3 is 2.80 bits per heavy atom. The van der Waals surface area contributed by atoms with E-state index in [9.17, 15) is 4.39 Å². The normalized spacial score (nSPS) is 22.1. The molecule has 0 bridgehead atoms. The summed E-state index contributed by atoms with van der Waals surface area (Å²) in [6.07, 6.45) is 0.152. The molecule has 1 aliphatic heterocycles. The number of nitrogens with one attached hydrogen (secondary N) is 1. The maximum atomic E-state index is 13.8. The van der Waals surface area contributed by atoms with Crippen molar-refractivity contribution in [1.82, 2.24) is 5.32 Å². The van der Waals surface area contributed by atoms with Crippen LogP contribution in [0.4, 0.5) is 10.1 Å². The fraction of sp³-hybridized carbons (Fsp3) is 0.625. The molecule has 1 aromatic rings. The van der Waals surface area contributed by atoms with Gasteiger partial charge in [-0.25, -0.2) is 4.39 Å². The summed E-state index contributed by atoms with van der Waals surface area (Å²) in [5, 5.41) is 3.24. The highest BCUT2D eigenvalue weighted by Gasteiger charge is 2.31. The van der Waals surface area contributed by atoms with Gasteiger partial charge in [-0.15, -0.1) is 0 Å². The van der Waals surface area contributed by atoms with E-state index < -0.39 is 0 Å². The average molecular weight is 280 g/mol. The highest BCUT2D eigenvalue weighted by molar-refractivity contribution is 5.50. The van der Waals surface area contributed by atoms with Crippen molar-refractivity contribution in [2.45, 2.75) is 45.9 Å². The molecule has 1 atom stereocenters. The van der Waals surface area contributed by atoms with Crippen molar-refractivity contribution in [2.75, 3.05) is 24.5 Å². The zero-order valence-corrected chi connectivity index (χ0v) is 12.9. The third-order valence-electron chi connectivity index (χ3n) is 3.46. The van der Waals surface area contributed by atoms with Crippen molar-refractivity contribution in [3.05, 3.63) is 29.6 Å². The van der Waals surface area contributed by atoms with Gasteiger partial charge in [-0.1, -0.05) is 6.92 Å². The lowest BCUT2D eigenvalue weighted by atomic mass is 10.0. The molecule has 0 spiro atoms. The fourth-order valence-electron chi connectivity index (χ4n) is 2.84. The van der Waals surface area contributed by atoms with Crippen molar-refractivity contribution in [1.29, 1.82) is 0 Å². The zero-order valence-electron chi connectivity index (χ0n) is 12.9. The molecule has 1 N–H and O–H groups in total. The second-order valence-electron chi connectivity index (χ2n) is 6.17. The first-order valence-corrected chi connectivity index (χ1v) is 7.32. The van der Waals surface area contributed by atoms with Crippen LogP contribution in [0, 0.1) is 5.82 Å². The topological polar surface area (TPSA) is 24.5 Å². The van der Waals surface area contributed by atoms with Gasteiger partial charge in [-0.05, 0) is 51.1 Å². The predicted molar refractivity (Wildman–Crippen MR) is 80.6 cm³/mol. The Bertz CT molecular complexity index is 462. The maximum Gasteiger partial charge on any atom is 0.125 e. The molecular weight excluding hydrogens is 255 g/mol. The highest BCUT2D eigenvalue weighted by atomic mass is 19.1. The molecule has 20 heavy (non-hydrogen) atoms. The lowest BCUT2D eigenvalue weighted by Crippen LogP contribution is -2.52. The third-order valence-corrected chi connectivity index (χ3v) is 3.46. The molecule has 2 rings (SSSR count). The number of morpholine rings is 1. The first-order valence-electron chi connectivity index (χ1n) is 7.32. The summed E-state index contributed by atoms with van der Waals surface area (Å²) in [5.74, 6) is -0.174. The van der Waals surface area contributed by atoms with Crippen molar-refractivity contribution in [3.8, 4) is 0 Å². The van der Waals surface area contributed by atoms with Crippen LogP contribution in [-0.4, -0.2) is 31.3 Å². The minimum atomic E-state index is -0.203. The summed E-state index contributed by atoms with van der Waals surface area (Å²) in [4.78, 5) is 2.21. The van der Waals surface area contributed by atoms with Crippen LogP contribution in [0.5, 0.6) is 0 Å². The van der Waals surface area contributed by atoms with E-state index in [0.717, 1.165) is 30.9 Å². The Hall–Kier alpha value is -1.13. The second kappa shape index (κ2) is 6.10. The summed E-state index contributed by atoms with van der Waals surface area (Å²) in [6.45, 7) is 11.4. The van der Waals surface area contributed by atoms with E-state index in [1.807, 2.05) is 6.92 Å². The smallest absolute Gasteiger partial charge is 0.125 e. The van der Waals surface area contributed by atoms with Gasteiger partial charge in [-0.3, -0.25) is 0 Å². The van der Waals surface area contributed by atoms with Gasteiger partial charge >= 0.3 is 0 Å². The van der Waals surface area contributed by atoms with Crippen molar-refractivity contribution in [3.63, 3.8) is 0 Å². The molecule has 1 aliphatic rings. The first-order chi connectivity index (χ1) is 9.39. The molecular formula is C16H25FN2O. The molecule has 0 aromatic heterocycles. The minimum absolute atomic E-state index is 0.152. The third kappa shape index (κ3) is 3.93. The fourth-order valence-corrected chi connectivity index (χ4v) is 2.84. The van der Waals surface area contributed by atoms with Gasteiger partial charge in [0.15, 0.2) is 0 Å². The number of halogens is 1. The summed E-state index contributed by atoms with van der Waals surface area (Å²) < 4.78 is 19.7. The van der Waals surface area contributed by atoms with E-state index in [4.69, 9.17) is 4.74 Å². The molecule has 1 aromatic carbocycles. The Morgan fingerprint density at radius 2 is 2.15 bits per heavy atom. The van der Waals surface area contributed by atoms with Gasteiger partial charge in [0, 0.05) is 25.3 Å². The van der Waals surface area contributed by atoms with Gasteiger partial charge in [0.2, 0.25) is 0 Å². The second-order valence-corrected chi connectivity index (χ2v) is 6.17. The standard InChI is InChI=1S/C16H25FN2O/c1-5-18-9-13-6-14(17)8-15(7-13)19-10-12(2)20-16(3,4)11-19/h6-8,12,18H,5,9-11H2,1-4H3. The summed E-state index contributed by atoms with van der Waals surface area (Å²) in [5.41, 5.74) is 1.73. The number of rotatable bonds is 4. The SMILES string of the molecule is CCNCc1cc(F)cc(N2CC(C)OC(C)(C)C2)c1. The molecule has 0 radical (unpaired) electrons. The summed E-state index contributed by atoms with van der Waals surface area (Å²) >= 11 is 0. The maximum absolute atomic E-state index is 13.8. The largest absolute Gasteiger partial charge is 0.369 e. The molecule has 112 valence electrons. The Kier molecular flexibility index (Phi) is 4.66. The van der Waals surface area contributed by atoms with E-state index in [2.05, 4.69) is 37.1 Å². The molecule has 3 nitrogen and oxygen atoms in total. The van der Waals surface area contributed by atoms with Crippen LogP contribution in [0.2, 0.25) is 0 Å². The predicted octanol–water partition coefficient (Wildman–Crippen LogP) is 2.94. The van der Waals surface area contributed by atoms with Crippen LogP contribution in [0.1, 0.15) is 33.3 Å². The number of benzene rings is 1. The van der Waals surface area contributed by atoms with Gasteiger partial charge in [0.1, 0.15) is 5.82 Å². The van der Waals surface area contributed by atoms with Crippen LogP contribution in [0.15, 0.2) is 18.2 Å². The summed E-state index contributed by atoms with van der Waals surface area (Å²) in [7, 11) is 0. The monoisotopic (exact) mass is 280 g/mol. The van der Waals surface area contributed by atoms with E-state index in [1.165, 1.54) is 0 Å². The molecule has 1 saturated heterocycles. The van der Waals surface area contributed by atoms with Gasteiger partial charge in [-0.2, -0.15) is 0 Å². The van der Waals surface area contributed by atoms with Gasteiger partial charge < -0.3 is 15.0 Å². The van der Waals surface area contributed by atoms with Crippen LogP contribution in [-0.2, 0) is 11.3 Å². The first kappa shape index (κ1) is 15.3. The van der Waals surface area contributed by atoms with Crippen LogP contribution >= 0.6 is 0 Å². The number of ether oxygens (including phenoxy) is 1. The Balaban J connectivity index is 2.20. The highest BCUT2D eigenvalue weighted by Crippen LogP contribution is 2.27. The number of hydrogen-bond acceptors (Lipinski definition) is 3. The quantitative estimate of drug-likeness (QED) is 0.917. The molecule has 0 amide bonds. The van der Waals surface area contributed by atoms with E-state index >= 15 is 0 Å². The van der Waals surface area contributed by atoms with E-state index in [1.54, 1.807) is 12.1 Å². The molecule has 0 saturated carbocycles. The molecule has 1 unspecified atom stereocenters. The number of hydrogen-bond donors (Lipinski definition) is 1. The molecule has 4 heteroatoms. The lowest BCUT2D eigenvalue weighted by Gasteiger charge is -2.43.